The third kappa shape index (κ3) is 3.36. The predicted molar refractivity (Wildman–Crippen MR) is 94.4 cm³/mol. The molecule has 5 heteroatoms. The molecule has 1 heterocycles. The monoisotopic (exact) mass is 326 g/mol. The van der Waals surface area contributed by atoms with Crippen molar-refractivity contribution in [1.82, 2.24) is 0 Å². The van der Waals surface area contributed by atoms with Gasteiger partial charge in [0.1, 0.15) is 5.75 Å². The fraction of sp³-hybridized carbons (Fsp3) is 0.316. The van der Waals surface area contributed by atoms with Crippen LogP contribution in [0.25, 0.3) is 0 Å². The van der Waals surface area contributed by atoms with E-state index >= 15 is 0 Å². The van der Waals surface area contributed by atoms with Crippen LogP contribution >= 0.6 is 0 Å². The molecule has 0 bridgehead atoms. The summed E-state index contributed by atoms with van der Waals surface area (Å²) in [4.78, 5) is 14.2. The number of ether oxygens (including phenoxy) is 1. The van der Waals surface area contributed by atoms with E-state index in [0.29, 0.717) is 18.8 Å². The molecule has 2 atom stereocenters. The summed E-state index contributed by atoms with van der Waals surface area (Å²) < 4.78 is 5.22. The average molecular weight is 326 g/mol. The van der Waals surface area contributed by atoms with E-state index in [4.69, 9.17) is 4.74 Å². The summed E-state index contributed by atoms with van der Waals surface area (Å²) in [5.41, 5.74) is 2.50. The SMILES string of the molecule is COc1cccc(C(O)CN2CC(C)C(=O)Nc3ccccc32)c1. The third-order valence-corrected chi connectivity index (χ3v) is 4.32. The van der Waals surface area contributed by atoms with E-state index in [1.807, 2.05) is 55.5 Å². The second kappa shape index (κ2) is 6.93. The van der Waals surface area contributed by atoms with E-state index in [1.165, 1.54) is 0 Å². The number of aliphatic hydroxyl groups is 1. The predicted octanol–water partition coefficient (Wildman–Crippen LogP) is 2.82. The van der Waals surface area contributed by atoms with E-state index in [0.717, 1.165) is 16.9 Å². The molecule has 0 radical (unpaired) electrons. The molecule has 1 aliphatic heterocycles. The maximum atomic E-state index is 12.1. The molecule has 0 aromatic heterocycles. The molecule has 2 N–H and O–H groups in total. The van der Waals surface area contributed by atoms with E-state index in [1.54, 1.807) is 7.11 Å². The van der Waals surface area contributed by atoms with Gasteiger partial charge < -0.3 is 20.1 Å². The Hall–Kier alpha value is -2.53. The average Bonchev–Trinajstić information content (AvgIpc) is 2.72. The number of para-hydroxylation sites is 2. The van der Waals surface area contributed by atoms with Crippen LogP contribution in [0.2, 0.25) is 0 Å². The lowest BCUT2D eigenvalue weighted by molar-refractivity contribution is -0.119. The van der Waals surface area contributed by atoms with Crippen LogP contribution in [0.4, 0.5) is 11.4 Å². The highest BCUT2D eigenvalue weighted by Gasteiger charge is 2.26. The Morgan fingerprint density at radius 3 is 2.88 bits per heavy atom. The van der Waals surface area contributed by atoms with Gasteiger partial charge in [-0.15, -0.1) is 0 Å². The van der Waals surface area contributed by atoms with Crippen molar-refractivity contribution in [3.05, 3.63) is 54.1 Å². The number of aliphatic hydroxyl groups excluding tert-OH is 1. The molecule has 2 aromatic rings. The molecule has 0 spiro atoms. The Morgan fingerprint density at radius 1 is 1.29 bits per heavy atom. The first-order valence-corrected chi connectivity index (χ1v) is 8.05. The lowest BCUT2D eigenvalue weighted by atomic mass is 10.1. The molecule has 1 aliphatic rings. The topological polar surface area (TPSA) is 61.8 Å². The molecule has 0 saturated heterocycles. The minimum atomic E-state index is -0.673. The van der Waals surface area contributed by atoms with E-state index < -0.39 is 6.10 Å². The smallest absolute Gasteiger partial charge is 0.229 e. The fourth-order valence-corrected chi connectivity index (χ4v) is 2.96. The lowest BCUT2D eigenvalue weighted by Gasteiger charge is -2.28. The van der Waals surface area contributed by atoms with Gasteiger partial charge in [-0.1, -0.05) is 31.2 Å². The molecule has 3 rings (SSSR count). The van der Waals surface area contributed by atoms with Crippen molar-refractivity contribution >= 4 is 17.3 Å². The zero-order valence-corrected chi connectivity index (χ0v) is 13.9. The summed E-state index contributed by atoms with van der Waals surface area (Å²) in [6, 6.07) is 15.1. The number of rotatable bonds is 4. The number of nitrogens with one attached hydrogen (secondary N) is 1. The molecular formula is C19H22N2O3. The van der Waals surface area contributed by atoms with Crippen LogP contribution in [0.3, 0.4) is 0 Å². The Morgan fingerprint density at radius 2 is 2.08 bits per heavy atom. The van der Waals surface area contributed by atoms with Gasteiger partial charge in [0, 0.05) is 13.1 Å². The number of anilines is 2. The molecule has 126 valence electrons. The first-order chi connectivity index (χ1) is 11.6. The van der Waals surface area contributed by atoms with Crippen LogP contribution in [0.5, 0.6) is 5.75 Å². The number of methoxy groups -OCH3 is 1. The highest BCUT2D eigenvalue weighted by atomic mass is 16.5. The summed E-state index contributed by atoms with van der Waals surface area (Å²) in [5, 5.41) is 13.6. The van der Waals surface area contributed by atoms with Crippen molar-refractivity contribution < 1.29 is 14.6 Å². The standard InChI is InChI=1S/C19H22N2O3/c1-13-11-21(17-9-4-3-8-16(17)20-19(13)23)12-18(22)14-6-5-7-15(10-14)24-2/h3-10,13,18,22H,11-12H2,1-2H3,(H,20,23). The number of amides is 1. The van der Waals surface area contributed by atoms with Crippen LogP contribution in [0.15, 0.2) is 48.5 Å². The number of hydrogen-bond acceptors (Lipinski definition) is 4. The Bertz CT molecular complexity index is 732. The fourth-order valence-electron chi connectivity index (χ4n) is 2.96. The van der Waals surface area contributed by atoms with Crippen LogP contribution in [-0.4, -0.2) is 31.2 Å². The van der Waals surface area contributed by atoms with Gasteiger partial charge in [0.05, 0.1) is 30.5 Å². The van der Waals surface area contributed by atoms with E-state index in [-0.39, 0.29) is 11.8 Å². The zero-order valence-electron chi connectivity index (χ0n) is 13.9. The maximum Gasteiger partial charge on any atom is 0.229 e. The highest BCUT2D eigenvalue weighted by molar-refractivity contribution is 5.97. The van der Waals surface area contributed by atoms with Gasteiger partial charge in [0.25, 0.3) is 0 Å². The number of fused-ring (bicyclic) bond motifs is 1. The Labute approximate surface area is 141 Å². The highest BCUT2D eigenvalue weighted by Crippen LogP contribution is 2.31. The van der Waals surface area contributed by atoms with Gasteiger partial charge in [-0.2, -0.15) is 0 Å². The van der Waals surface area contributed by atoms with Gasteiger partial charge in [-0.25, -0.2) is 0 Å². The summed E-state index contributed by atoms with van der Waals surface area (Å²) in [6.45, 7) is 2.86. The van der Waals surface area contributed by atoms with Gasteiger partial charge in [0.2, 0.25) is 5.91 Å². The second-order valence-corrected chi connectivity index (χ2v) is 6.10. The number of β-amino-alcohol motifs (C(OH)–C–C–N with tert-alkyl or cyclic N) is 1. The third-order valence-electron chi connectivity index (χ3n) is 4.32. The number of benzene rings is 2. The number of hydrogen-bond donors (Lipinski definition) is 2. The lowest BCUT2D eigenvalue weighted by Crippen LogP contribution is -2.34. The van der Waals surface area contributed by atoms with Crippen molar-refractivity contribution in [2.75, 3.05) is 30.4 Å². The first-order valence-electron chi connectivity index (χ1n) is 8.05. The maximum absolute atomic E-state index is 12.1. The number of carbonyl (C=O) groups is 1. The second-order valence-electron chi connectivity index (χ2n) is 6.10. The minimum Gasteiger partial charge on any atom is -0.497 e. The summed E-state index contributed by atoms with van der Waals surface area (Å²) >= 11 is 0. The van der Waals surface area contributed by atoms with Crippen LogP contribution < -0.4 is 15.0 Å². The normalized spacial score (nSPS) is 18.4. The van der Waals surface area contributed by atoms with Gasteiger partial charge in [0.15, 0.2) is 0 Å². The van der Waals surface area contributed by atoms with Crippen LogP contribution in [-0.2, 0) is 4.79 Å². The minimum absolute atomic E-state index is 0.000759. The van der Waals surface area contributed by atoms with Crippen LogP contribution in [0, 0.1) is 5.92 Å². The Kier molecular flexibility index (Phi) is 4.71. The molecule has 2 aromatic carbocycles. The van der Waals surface area contributed by atoms with E-state index in [2.05, 4.69) is 10.2 Å². The Balaban J connectivity index is 1.86. The molecule has 5 nitrogen and oxygen atoms in total. The number of nitrogens with zero attached hydrogens (tertiary/aromatic N) is 1. The molecule has 2 unspecified atom stereocenters. The molecule has 24 heavy (non-hydrogen) atoms. The molecule has 0 aliphatic carbocycles. The molecule has 0 saturated carbocycles. The van der Waals surface area contributed by atoms with Crippen molar-refractivity contribution in [3.63, 3.8) is 0 Å². The van der Waals surface area contributed by atoms with Gasteiger partial charge in [-0.3, -0.25) is 4.79 Å². The molecular weight excluding hydrogens is 304 g/mol. The van der Waals surface area contributed by atoms with Crippen molar-refractivity contribution in [2.24, 2.45) is 5.92 Å². The van der Waals surface area contributed by atoms with Gasteiger partial charge in [-0.05, 0) is 29.8 Å². The van der Waals surface area contributed by atoms with Gasteiger partial charge >= 0.3 is 0 Å². The first kappa shape index (κ1) is 16.3. The van der Waals surface area contributed by atoms with Crippen molar-refractivity contribution in [1.29, 1.82) is 0 Å². The summed E-state index contributed by atoms with van der Waals surface area (Å²) in [7, 11) is 1.61. The molecule has 0 fully saturated rings. The summed E-state index contributed by atoms with van der Waals surface area (Å²) in [5.74, 6) is 0.559. The van der Waals surface area contributed by atoms with Crippen LogP contribution in [0.1, 0.15) is 18.6 Å². The summed E-state index contributed by atoms with van der Waals surface area (Å²) in [6.07, 6.45) is -0.673. The number of carbonyl (C=O) groups excluding carboxylic acids is 1. The molecule has 1 amide bonds. The van der Waals surface area contributed by atoms with E-state index in [9.17, 15) is 9.90 Å². The zero-order chi connectivity index (χ0) is 17.1. The quantitative estimate of drug-likeness (QED) is 0.907. The van der Waals surface area contributed by atoms with Crippen molar-refractivity contribution in [3.8, 4) is 5.75 Å². The van der Waals surface area contributed by atoms with Crippen molar-refractivity contribution in [2.45, 2.75) is 13.0 Å². The largest absolute Gasteiger partial charge is 0.497 e.